The Morgan fingerprint density at radius 1 is 1.53 bits per heavy atom. The molecule has 1 aromatic heterocycles. The maximum absolute atomic E-state index is 5.68. The van der Waals surface area contributed by atoms with E-state index in [0.717, 1.165) is 16.9 Å². The van der Waals surface area contributed by atoms with Crippen LogP contribution in [0.25, 0.3) is 0 Å². The number of aromatic nitrogens is 2. The Morgan fingerprint density at radius 2 is 2.20 bits per heavy atom. The zero-order valence-corrected chi connectivity index (χ0v) is 10.6. The van der Waals surface area contributed by atoms with Gasteiger partial charge >= 0.3 is 0 Å². The van der Waals surface area contributed by atoms with Crippen molar-refractivity contribution in [3.63, 3.8) is 0 Å². The number of piperidine rings is 1. The van der Waals surface area contributed by atoms with Gasteiger partial charge in [0.05, 0.1) is 4.47 Å². The third kappa shape index (κ3) is 2.72. The van der Waals surface area contributed by atoms with Crippen molar-refractivity contribution in [2.75, 3.05) is 25.9 Å². The molecule has 2 rings (SSSR count). The summed E-state index contributed by atoms with van der Waals surface area (Å²) < 4.78 is 2.85. The molecule has 1 aliphatic rings. The molecule has 0 unspecified atom stereocenters. The standard InChI is InChI=1S/C10H17BrN4/c1-14-4-2-8(3-5-14)6-15-7-9(11)10(12)13-15/h7-8H,2-6H2,1H3,(H2,12,13). The van der Waals surface area contributed by atoms with Crippen LogP contribution in [0.5, 0.6) is 0 Å². The monoisotopic (exact) mass is 272 g/mol. The number of nitrogens with zero attached hydrogens (tertiary/aromatic N) is 3. The number of nitrogen functional groups attached to an aromatic ring is 1. The smallest absolute Gasteiger partial charge is 0.159 e. The van der Waals surface area contributed by atoms with Gasteiger partial charge in [0.2, 0.25) is 0 Å². The molecule has 1 aromatic rings. The second kappa shape index (κ2) is 4.53. The number of halogens is 1. The van der Waals surface area contributed by atoms with Gasteiger partial charge in [0, 0.05) is 12.7 Å². The first-order chi connectivity index (χ1) is 7.15. The van der Waals surface area contributed by atoms with E-state index in [1.807, 2.05) is 10.9 Å². The Bertz CT molecular complexity index is 309. The number of likely N-dealkylation sites (tertiary alicyclic amines) is 1. The Morgan fingerprint density at radius 3 is 2.73 bits per heavy atom. The predicted molar refractivity (Wildman–Crippen MR) is 64.6 cm³/mol. The average molecular weight is 273 g/mol. The molecule has 0 saturated carbocycles. The van der Waals surface area contributed by atoms with Crippen LogP contribution in [0.15, 0.2) is 10.7 Å². The van der Waals surface area contributed by atoms with Crippen molar-refractivity contribution in [2.24, 2.45) is 5.92 Å². The first-order valence-electron chi connectivity index (χ1n) is 5.32. The summed E-state index contributed by atoms with van der Waals surface area (Å²) in [5.74, 6) is 1.33. The van der Waals surface area contributed by atoms with Crippen molar-refractivity contribution in [3.05, 3.63) is 10.7 Å². The van der Waals surface area contributed by atoms with Crippen molar-refractivity contribution in [1.82, 2.24) is 14.7 Å². The van der Waals surface area contributed by atoms with Crippen LogP contribution in [0.1, 0.15) is 12.8 Å². The summed E-state index contributed by atoms with van der Waals surface area (Å²) in [6, 6.07) is 0. The Balaban J connectivity index is 1.91. The molecule has 1 aliphatic heterocycles. The highest BCUT2D eigenvalue weighted by molar-refractivity contribution is 9.10. The minimum Gasteiger partial charge on any atom is -0.381 e. The molecule has 1 fully saturated rings. The van der Waals surface area contributed by atoms with Gasteiger partial charge in [-0.15, -0.1) is 0 Å². The number of hydrogen-bond donors (Lipinski definition) is 1. The molecular weight excluding hydrogens is 256 g/mol. The zero-order chi connectivity index (χ0) is 10.8. The van der Waals surface area contributed by atoms with Gasteiger partial charge in [-0.3, -0.25) is 4.68 Å². The van der Waals surface area contributed by atoms with E-state index in [1.54, 1.807) is 0 Å². The molecule has 4 nitrogen and oxygen atoms in total. The summed E-state index contributed by atoms with van der Waals surface area (Å²) in [5.41, 5.74) is 5.68. The zero-order valence-electron chi connectivity index (χ0n) is 8.99. The number of rotatable bonds is 2. The first-order valence-corrected chi connectivity index (χ1v) is 6.11. The molecule has 84 valence electrons. The van der Waals surface area contributed by atoms with Crippen LogP contribution in [0.4, 0.5) is 5.82 Å². The van der Waals surface area contributed by atoms with Crippen LogP contribution in [-0.4, -0.2) is 34.8 Å². The summed E-state index contributed by atoms with van der Waals surface area (Å²) in [6.45, 7) is 3.38. The van der Waals surface area contributed by atoms with E-state index in [4.69, 9.17) is 5.73 Å². The average Bonchev–Trinajstić information content (AvgIpc) is 2.50. The van der Waals surface area contributed by atoms with Crippen molar-refractivity contribution >= 4 is 21.7 Å². The normalized spacial score (nSPS) is 19.6. The molecule has 0 aliphatic carbocycles. The summed E-state index contributed by atoms with van der Waals surface area (Å²) in [7, 11) is 2.18. The van der Waals surface area contributed by atoms with E-state index in [0.29, 0.717) is 5.82 Å². The molecule has 0 radical (unpaired) electrons. The first kappa shape index (κ1) is 11.0. The SMILES string of the molecule is CN1CCC(Cn2cc(Br)c(N)n2)CC1. The number of anilines is 1. The fourth-order valence-corrected chi connectivity index (χ4v) is 2.33. The lowest BCUT2D eigenvalue weighted by molar-refractivity contribution is 0.201. The Hall–Kier alpha value is -0.550. The molecule has 0 amide bonds. The summed E-state index contributed by atoms with van der Waals surface area (Å²) in [4.78, 5) is 2.38. The van der Waals surface area contributed by atoms with Crippen LogP contribution >= 0.6 is 15.9 Å². The Kier molecular flexibility index (Phi) is 3.31. The van der Waals surface area contributed by atoms with Crippen molar-refractivity contribution in [2.45, 2.75) is 19.4 Å². The van der Waals surface area contributed by atoms with E-state index >= 15 is 0 Å². The molecule has 2 N–H and O–H groups in total. The lowest BCUT2D eigenvalue weighted by atomic mass is 9.97. The van der Waals surface area contributed by atoms with E-state index in [-0.39, 0.29) is 0 Å². The van der Waals surface area contributed by atoms with E-state index < -0.39 is 0 Å². The van der Waals surface area contributed by atoms with E-state index in [1.165, 1.54) is 25.9 Å². The van der Waals surface area contributed by atoms with Gasteiger partial charge in [-0.2, -0.15) is 5.10 Å². The molecule has 1 saturated heterocycles. The largest absolute Gasteiger partial charge is 0.381 e. The Labute approximate surface area is 98.6 Å². The topological polar surface area (TPSA) is 47.1 Å². The van der Waals surface area contributed by atoms with Gasteiger partial charge in [-0.05, 0) is 54.8 Å². The minimum absolute atomic E-state index is 0.586. The molecule has 5 heteroatoms. The van der Waals surface area contributed by atoms with Gasteiger partial charge in [0.15, 0.2) is 5.82 Å². The van der Waals surface area contributed by atoms with Crippen LogP contribution in [-0.2, 0) is 6.54 Å². The lowest BCUT2D eigenvalue weighted by Crippen LogP contribution is -2.32. The van der Waals surface area contributed by atoms with E-state index in [2.05, 4.69) is 33.0 Å². The predicted octanol–water partition coefficient (Wildman–Crippen LogP) is 1.57. The molecule has 15 heavy (non-hydrogen) atoms. The molecule has 2 heterocycles. The molecule has 0 spiro atoms. The van der Waals surface area contributed by atoms with Gasteiger partial charge < -0.3 is 10.6 Å². The maximum atomic E-state index is 5.68. The van der Waals surface area contributed by atoms with E-state index in [9.17, 15) is 0 Å². The third-order valence-electron chi connectivity index (χ3n) is 3.03. The number of hydrogen-bond acceptors (Lipinski definition) is 3. The van der Waals surface area contributed by atoms with Crippen molar-refractivity contribution in [3.8, 4) is 0 Å². The van der Waals surface area contributed by atoms with Gasteiger partial charge in [0.1, 0.15) is 0 Å². The van der Waals surface area contributed by atoms with Crippen LogP contribution in [0, 0.1) is 5.92 Å². The van der Waals surface area contributed by atoms with Gasteiger partial charge in [0.25, 0.3) is 0 Å². The summed E-state index contributed by atoms with van der Waals surface area (Å²) in [5, 5.41) is 4.26. The second-order valence-electron chi connectivity index (χ2n) is 4.33. The lowest BCUT2D eigenvalue weighted by Gasteiger charge is -2.28. The van der Waals surface area contributed by atoms with Crippen molar-refractivity contribution in [1.29, 1.82) is 0 Å². The molecule has 0 bridgehead atoms. The fraction of sp³-hybridized carbons (Fsp3) is 0.700. The summed E-state index contributed by atoms with van der Waals surface area (Å²) >= 11 is 3.37. The summed E-state index contributed by atoms with van der Waals surface area (Å²) in [6.07, 6.45) is 4.48. The van der Waals surface area contributed by atoms with Gasteiger partial charge in [-0.25, -0.2) is 0 Å². The third-order valence-corrected chi connectivity index (χ3v) is 3.64. The van der Waals surface area contributed by atoms with Gasteiger partial charge in [-0.1, -0.05) is 0 Å². The highest BCUT2D eigenvalue weighted by atomic mass is 79.9. The second-order valence-corrected chi connectivity index (χ2v) is 5.19. The molecule has 0 aromatic carbocycles. The van der Waals surface area contributed by atoms with Crippen molar-refractivity contribution < 1.29 is 0 Å². The maximum Gasteiger partial charge on any atom is 0.159 e. The van der Waals surface area contributed by atoms with Crippen LogP contribution < -0.4 is 5.73 Å². The fourth-order valence-electron chi connectivity index (χ4n) is 2.01. The molecule has 0 atom stereocenters. The van der Waals surface area contributed by atoms with Crippen LogP contribution in [0.3, 0.4) is 0 Å². The quantitative estimate of drug-likeness (QED) is 0.889. The highest BCUT2D eigenvalue weighted by Crippen LogP contribution is 2.21. The van der Waals surface area contributed by atoms with Crippen LogP contribution in [0.2, 0.25) is 0 Å². The highest BCUT2D eigenvalue weighted by Gasteiger charge is 2.17. The number of nitrogens with two attached hydrogens (primary N) is 1. The minimum atomic E-state index is 0.586. The molecular formula is C10H17BrN4.